The summed E-state index contributed by atoms with van der Waals surface area (Å²) in [6, 6.07) is 19.0. The highest BCUT2D eigenvalue weighted by Crippen LogP contribution is 2.40. The minimum atomic E-state index is -0.906. The van der Waals surface area contributed by atoms with Crippen LogP contribution in [-0.2, 0) is 9.53 Å². The van der Waals surface area contributed by atoms with Gasteiger partial charge in [0.15, 0.2) is 4.98 Å². The maximum Gasteiger partial charge on any atom is 0.510 e. The molecular weight excluding hydrogens is 454 g/mol. The smallest absolute Gasteiger partial charge is 0.500 e. The fourth-order valence-electron chi connectivity index (χ4n) is 2.59. The Morgan fingerprint density at radius 3 is 2.52 bits per heavy atom. The van der Waals surface area contributed by atoms with Crippen LogP contribution in [0.3, 0.4) is 0 Å². The van der Waals surface area contributed by atoms with Crippen molar-refractivity contribution in [1.29, 1.82) is 5.39 Å². The van der Waals surface area contributed by atoms with Crippen molar-refractivity contribution in [3.8, 4) is 10.4 Å². The summed E-state index contributed by atoms with van der Waals surface area (Å²) in [5.41, 5.74) is 1.77. The van der Waals surface area contributed by atoms with Crippen LogP contribution in [0.2, 0.25) is 0 Å². The third kappa shape index (κ3) is 4.83. The second-order valence-corrected chi connectivity index (χ2v) is 7.84. The van der Waals surface area contributed by atoms with Crippen LogP contribution in [0.4, 0.5) is 11.4 Å². The van der Waals surface area contributed by atoms with Crippen molar-refractivity contribution in [3.63, 3.8) is 0 Å². The highest BCUT2D eigenvalue weighted by molar-refractivity contribution is 9.10. The number of carbonyl (C=O) groups excluding carboxylic acids is 1. The van der Waals surface area contributed by atoms with Crippen molar-refractivity contribution < 1.29 is 14.6 Å². The fraction of sp³-hybridized carbons (Fsp3) is 0.0952. The maximum absolute atomic E-state index is 12.1. The van der Waals surface area contributed by atoms with Crippen LogP contribution in [0.25, 0.3) is 21.2 Å². The highest BCUT2D eigenvalue weighted by Gasteiger charge is 2.33. The number of nitrogens with zero attached hydrogens (tertiary/aromatic N) is 2. The summed E-state index contributed by atoms with van der Waals surface area (Å²) in [6.07, 6.45) is 0. The number of carbonyl (C=O) groups is 1. The van der Waals surface area contributed by atoms with E-state index in [9.17, 15) is 15.3 Å². The molecule has 0 bridgehead atoms. The van der Waals surface area contributed by atoms with Crippen LogP contribution < -0.4 is 5.32 Å². The number of aliphatic hydroxyl groups is 1. The lowest BCUT2D eigenvalue weighted by Gasteiger charge is -2.06. The zero-order valence-electron chi connectivity index (χ0n) is 15.4. The number of rotatable bonds is 6. The minimum absolute atomic E-state index is 0.0921. The van der Waals surface area contributed by atoms with Crippen molar-refractivity contribution in [2.45, 2.75) is 6.92 Å². The summed E-state index contributed by atoms with van der Waals surface area (Å²) >= 11 is 4.68. The zero-order valence-corrected chi connectivity index (χ0v) is 17.8. The molecule has 0 amide bonds. The Hall–Kier alpha value is -3.15. The molecule has 2 aromatic carbocycles. The molecule has 146 valence electrons. The van der Waals surface area contributed by atoms with Gasteiger partial charge in [-0.3, -0.25) is 0 Å². The molecule has 0 radical (unpaired) electrons. The van der Waals surface area contributed by atoms with Crippen molar-refractivity contribution in [2.24, 2.45) is 0 Å². The van der Waals surface area contributed by atoms with Gasteiger partial charge in [0.2, 0.25) is 11.2 Å². The topological polar surface area (TPSA) is 86.7 Å². The Kier molecular flexibility index (Phi) is 6.65. The Morgan fingerprint density at radius 2 is 1.90 bits per heavy atom. The predicted molar refractivity (Wildman–Crippen MR) is 118 cm³/mol. The first-order chi connectivity index (χ1) is 14.0. The number of para-hydroxylation sites is 1. The Balaban J connectivity index is 2.11. The third-order valence-corrected chi connectivity index (χ3v) is 5.64. The van der Waals surface area contributed by atoms with E-state index >= 15 is 0 Å². The van der Waals surface area contributed by atoms with E-state index in [1.165, 1.54) is 11.3 Å². The Morgan fingerprint density at radius 1 is 1.21 bits per heavy atom. The largest absolute Gasteiger partial charge is 0.510 e. The van der Waals surface area contributed by atoms with Gasteiger partial charge in [0.25, 0.3) is 0 Å². The fourth-order valence-corrected chi connectivity index (χ4v) is 3.91. The number of nitrogens with one attached hydrogen (secondary N) is 1. The first-order valence-electron chi connectivity index (χ1n) is 8.71. The van der Waals surface area contributed by atoms with Crippen molar-refractivity contribution in [2.75, 3.05) is 11.9 Å². The molecule has 0 saturated heterocycles. The predicted octanol–water partition coefficient (Wildman–Crippen LogP) is 6.56. The summed E-state index contributed by atoms with van der Waals surface area (Å²) in [4.78, 5) is 16.2. The van der Waals surface area contributed by atoms with E-state index in [0.717, 1.165) is 20.6 Å². The number of ether oxygens (including phenoxy) is 1. The van der Waals surface area contributed by atoms with Gasteiger partial charge in [-0.2, -0.15) is 0 Å². The van der Waals surface area contributed by atoms with Crippen LogP contribution >= 0.6 is 27.3 Å². The number of esters is 1. The molecule has 3 aromatic rings. The molecule has 0 atom stereocenters. The number of benzene rings is 2. The van der Waals surface area contributed by atoms with Gasteiger partial charge in [-0.25, -0.2) is 4.79 Å². The quantitative estimate of drug-likeness (QED) is 0.184. The molecule has 1 aromatic heterocycles. The van der Waals surface area contributed by atoms with Crippen molar-refractivity contribution >= 4 is 50.4 Å². The molecule has 29 heavy (non-hydrogen) atoms. The van der Waals surface area contributed by atoms with Crippen molar-refractivity contribution in [3.05, 3.63) is 80.7 Å². The van der Waals surface area contributed by atoms with Crippen molar-refractivity contribution in [1.82, 2.24) is 0 Å². The lowest BCUT2D eigenvalue weighted by Crippen LogP contribution is -2.07. The monoisotopic (exact) mass is 470 g/mol. The Bertz CT molecular complexity index is 1090. The standard InChI is InChI=1S/C21H16BrN3O3S/c1-2-28-21(27)18(25-23)19(26)20-16(24-15-6-4-3-5-7-15)12-17(29-20)13-8-10-14(22)11-9-13/h3-12H,2H2,1H3,(H-,24,26,27)/p+1. The lowest BCUT2D eigenvalue weighted by molar-refractivity contribution is -0.138. The van der Waals surface area contributed by atoms with Crippen LogP contribution in [0.5, 0.6) is 0 Å². The van der Waals surface area contributed by atoms with E-state index in [4.69, 9.17) is 4.74 Å². The van der Waals surface area contributed by atoms with E-state index in [0.29, 0.717) is 10.6 Å². The number of thiophene rings is 1. The molecule has 0 unspecified atom stereocenters. The summed E-state index contributed by atoms with van der Waals surface area (Å²) in [6.45, 7) is 1.72. The molecule has 1 heterocycles. The van der Waals surface area contributed by atoms with Gasteiger partial charge in [-0.1, -0.05) is 46.3 Å². The third-order valence-electron chi connectivity index (χ3n) is 3.92. The number of hydrogen-bond donors (Lipinski definition) is 2. The summed E-state index contributed by atoms with van der Waals surface area (Å²) < 4.78 is 5.82. The van der Waals surface area contributed by atoms with E-state index < -0.39 is 17.4 Å². The molecule has 2 N–H and O–H groups in total. The molecule has 0 aliphatic rings. The van der Waals surface area contributed by atoms with Crippen LogP contribution in [0, 0.1) is 5.39 Å². The van der Waals surface area contributed by atoms with Gasteiger partial charge < -0.3 is 15.2 Å². The first kappa shape index (κ1) is 20.6. The number of aliphatic hydroxyl groups excluding tert-OH is 1. The van der Waals surface area contributed by atoms with E-state index in [1.807, 2.05) is 60.7 Å². The van der Waals surface area contributed by atoms with E-state index in [1.54, 1.807) is 6.92 Å². The molecule has 3 rings (SSSR count). The number of halogens is 1. The van der Waals surface area contributed by atoms with Gasteiger partial charge in [0.05, 0.1) is 12.3 Å². The average molecular weight is 471 g/mol. The van der Waals surface area contributed by atoms with Crippen LogP contribution in [0.1, 0.15) is 11.8 Å². The first-order valence-corrected chi connectivity index (χ1v) is 10.3. The molecule has 8 heteroatoms. The Labute approximate surface area is 180 Å². The van der Waals surface area contributed by atoms with Gasteiger partial charge in [0.1, 0.15) is 4.88 Å². The highest BCUT2D eigenvalue weighted by atomic mass is 79.9. The molecule has 0 aliphatic heterocycles. The number of diazo groups is 1. The van der Waals surface area contributed by atoms with Gasteiger partial charge >= 0.3 is 11.7 Å². The maximum atomic E-state index is 12.1. The normalized spacial score (nSPS) is 11.3. The second kappa shape index (κ2) is 9.37. The average Bonchev–Trinajstić information content (AvgIpc) is 3.13. The summed E-state index contributed by atoms with van der Waals surface area (Å²) in [7, 11) is 0. The molecule has 6 nitrogen and oxygen atoms in total. The van der Waals surface area contributed by atoms with Gasteiger partial charge in [-0.05, 0) is 42.8 Å². The molecule has 0 aliphatic carbocycles. The zero-order chi connectivity index (χ0) is 20.8. The summed E-state index contributed by atoms with van der Waals surface area (Å²) in [5, 5.41) is 23.2. The molecule has 0 spiro atoms. The minimum Gasteiger partial charge on any atom is -0.500 e. The summed E-state index contributed by atoms with van der Waals surface area (Å²) in [5.74, 6) is -1.37. The van der Waals surface area contributed by atoms with Crippen LogP contribution in [-0.4, -0.2) is 17.7 Å². The second-order valence-electron chi connectivity index (χ2n) is 5.87. The lowest BCUT2D eigenvalue weighted by atomic mass is 10.2. The van der Waals surface area contributed by atoms with E-state index in [-0.39, 0.29) is 6.61 Å². The molecular formula is C21H17BrN3O3S+. The van der Waals surface area contributed by atoms with Crippen LogP contribution in [0.15, 0.2) is 70.8 Å². The number of anilines is 2. The van der Waals surface area contributed by atoms with E-state index in [2.05, 4.69) is 26.2 Å². The molecule has 0 fully saturated rings. The SMILES string of the molecule is CCOC(=O)/C([N+]#N)=C(\O)c1sc(-c2ccc(Br)cc2)cc1Nc1ccccc1. The van der Waals surface area contributed by atoms with Gasteiger partial charge in [0, 0.05) is 15.0 Å². The molecule has 0 saturated carbocycles. The number of hydrogen-bond acceptors (Lipinski definition) is 6. The van der Waals surface area contributed by atoms with Gasteiger partial charge in [-0.15, -0.1) is 11.3 Å².